The fourth-order valence-electron chi connectivity index (χ4n) is 1.95. The molecule has 0 aliphatic carbocycles. The van der Waals surface area contributed by atoms with E-state index in [2.05, 4.69) is 35.1 Å². The van der Waals surface area contributed by atoms with E-state index < -0.39 is 0 Å². The van der Waals surface area contributed by atoms with Gasteiger partial charge in [-0.15, -0.1) is 0 Å². The Balaban J connectivity index is 2.40. The van der Waals surface area contributed by atoms with E-state index in [9.17, 15) is 4.79 Å². The van der Waals surface area contributed by atoms with Crippen molar-refractivity contribution in [3.63, 3.8) is 0 Å². The SMILES string of the molecule is CC(C)C(CCBr)NC(=O)C1CCOCC1. The molecule has 1 fully saturated rings. The minimum atomic E-state index is 0.158. The van der Waals surface area contributed by atoms with Crippen molar-refractivity contribution in [3.8, 4) is 0 Å². The van der Waals surface area contributed by atoms with Crippen LogP contribution in [-0.2, 0) is 9.53 Å². The van der Waals surface area contributed by atoms with Crippen LogP contribution in [-0.4, -0.2) is 30.5 Å². The highest BCUT2D eigenvalue weighted by atomic mass is 79.9. The van der Waals surface area contributed by atoms with Crippen molar-refractivity contribution in [3.05, 3.63) is 0 Å². The molecule has 4 heteroatoms. The lowest BCUT2D eigenvalue weighted by Gasteiger charge is -2.26. The Hall–Kier alpha value is -0.0900. The van der Waals surface area contributed by atoms with Crippen molar-refractivity contribution in [2.45, 2.75) is 39.2 Å². The summed E-state index contributed by atoms with van der Waals surface area (Å²) >= 11 is 3.43. The fraction of sp³-hybridized carbons (Fsp3) is 0.917. The summed E-state index contributed by atoms with van der Waals surface area (Å²) in [6.45, 7) is 5.75. The molecule has 1 atom stereocenters. The number of rotatable bonds is 5. The summed E-state index contributed by atoms with van der Waals surface area (Å²) in [6.07, 6.45) is 2.72. The highest BCUT2D eigenvalue weighted by Crippen LogP contribution is 2.16. The third-order valence-corrected chi connectivity index (χ3v) is 3.60. The number of halogens is 1. The Kier molecular flexibility index (Phi) is 6.36. The monoisotopic (exact) mass is 291 g/mol. The standard InChI is InChI=1S/C12H22BrNO2/c1-9(2)11(3-6-13)14-12(15)10-4-7-16-8-5-10/h9-11H,3-8H2,1-2H3,(H,14,15). The van der Waals surface area contributed by atoms with E-state index in [1.807, 2.05) is 0 Å². The van der Waals surface area contributed by atoms with Crippen LogP contribution in [0.5, 0.6) is 0 Å². The van der Waals surface area contributed by atoms with E-state index >= 15 is 0 Å². The molecule has 1 amide bonds. The number of hydrogen-bond donors (Lipinski definition) is 1. The molecule has 0 radical (unpaired) electrons. The zero-order chi connectivity index (χ0) is 12.0. The van der Waals surface area contributed by atoms with E-state index in [-0.39, 0.29) is 17.9 Å². The highest BCUT2D eigenvalue weighted by Gasteiger charge is 2.24. The second kappa shape index (κ2) is 7.28. The first kappa shape index (κ1) is 14.0. The van der Waals surface area contributed by atoms with E-state index in [1.54, 1.807) is 0 Å². The number of carbonyl (C=O) groups is 1. The van der Waals surface area contributed by atoms with Crippen molar-refractivity contribution in [2.24, 2.45) is 11.8 Å². The maximum absolute atomic E-state index is 12.0. The third-order valence-electron chi connectivity index (χ3n) is 3.14. The maximum atomic E-state index is 12.0. The van der Waals surface area contributed by atoms with Gasteiger partial charge in [0.15, 0.2) is 0 Å². The lowest BCUT2D eigenvalue weighted by atomic mass is 9.96. The Bertz CT molecular complexity index is 215. The molecule has 0 saturated carbocycles. The van der Waals surface area contributed by atoms with Crippen LogP contribution in [0.2, 0.25) is 0 Å². The molecule has 0 aromatic rings. The quantitative estimate of drug-likeness (QED) is 0.790. The molecule has 1 unspecified atom stereocenters. The van der Waals surface area contributed by atoms with Crippen LogP contribution < -0.4 is 5.32 Å². The van der Waals surface area contributed by atoms with Gasteiger partial charge in [0.25, 0.3) is 0 Å². The summed E-state index contributed by atoms with van der Waals surface area (Å²) in [5.41, 5.74) is 0. The lowest BCUT2D eigenvalue weighted by Crippen LogP contribution is -2.43. The molecule has 0 bridgehead atoms. The van der Waals surface area contributed by atoms with Crippen LogP contribution in [0.15, 0.2) is 0 Å². The zero-order valence-corrected chi connectivity index (χ0v) is 11.8. The first-order chi connectivity index (χ1) is 7.65. The second-order valence-electron chi connectivity index (χ2n) is 4.72. The number of hydrogen-bond acceptors (Lipinski definition) is 2. The van der Waals surface area contributed by atoms with Crippen LogP contribution in [0.1, 0.15) is 33.1 Å². The minimum absolute atomic E-state index is 0.158. The number of alkyl halides is 1. The van der Waals surface area contributed by atoms with Crippen LogP contribution in [0.4, 0.5) is 0 Å². The van der Waals surface area contributed by atoms with Gasteiger partial charge in [-0.3, -0.25) is 4.79 Å². The fourth-order valence-corrected chi connectivity index (χ4v) is 2.44. The molecular formula is C12H22BrNO2. The van der Waals surface area contributed by atoms with E-state index in [1.165, 1.54) is 0 Å². The van der Waals surface area contributed by atoms with E-state index in [4.69, 9.17) is 4.74 Å². The molecule has 3 nitrogen and oxygen atoms in total. The second-order valence-corrected chi connectivity index (χ2v) is 5.52. The topological polar surface area (TPSA) is 38.3 Å². The molecule has 0 aromatic heterocycles. The van der Waals surface area contributed by atoms with E-state index in [0.717, 1.165) is 37.8 Å². The summed E-state index contributed by atoms with van der Waals surface area (Å²) in [5.74, 6) is 0.856. The van der Waals surface area contributed by atoms with Gasteiger partial charge >= 0.3 is 0 Å². The predicted octanol–water partition coefficient (Wildman–Crippen LogP) is 2.34. The van der Waals surface area contributed by atoms with Gasteiger partial charge in [0.1, 0.15) is 0 Å². The van der Waals surface area contributed by atoms with Gasteiger partial charge in [-0.25, -0.2) is 0 Å². The Labute approximate surface area is 106 Å². The van der Waals surface area contributed by atoms with Crippen molar-refractivity contribution in [2.75, 3.05) is 18.5 Å². The molecule has 1 heterocycles. The van der Waals surface area contributed by atoms with Crippen LogP contribution >= 0.6 is 15.9 Å². The minimum Gasteiger partial charge on any atom is -0.381 e. The molecule has 1 N–H and O–H groups in total. The largest absolute Gasteiger partial charge is 0.381 e. The number of carbonyl (C=O) groups excluding carboxylic acids is 1. The van der Waals surface area contributed by atoms with Crippen molar-refractivity contribution in [1.29, 1.82) is 0 Å². The van der Waals surface area contributed by atoms with Crippen LogP contribution in [0.3, 0.4) is 0 Å². The summed E-state index contributed by atoms with van der Waals surface area (Å²) in [5, 5.41) is 4.10. The number of nitrogens with one attached hydrogen (secondary N) is 1. The van der Waals surface area contributed by atoms with Gasteiger partial charge in [0, 0.05) is 30.5 Å². The third kappa shape index (κ3) is 4.42. The Morgan fingerprint density at radius 1 is 1.44 bits per heavy atom. The van der Waals surface area contributed by atoms with Crippen molar-refractivity contribution in [1.82, 2.24) is 5.32 Å². The van der Waals surface area contributed by atoms with Crippen LogP contribution in [0.25, 0.3) is 0 Å². The van der Waals surface area contributed by atoms with Gasteiger partial charge in [-0.05, 0) is 25.2 Å². The molecular weight excluding hydrogens is 270 g/mol. The molecule has 94 valence electrons. The lowest BCUT2D eigenvalue weighted by molar-refractivity contribution is -0.128. The summed E-state index contributed by atoms with van der Waals surface area (Å²) < 4.78 is 5.26. The normalized spacial score (nSPS) is 19.8. The van der Waals surface area contributed by atoms with Crippen LogP contribution in [0, 0.1) is 11.8 Å². The molecule has 1 rings (SSSR count). The number of amides is 1. The first-order valence-electron chi connectivity index (χ1n) is 6.09. The maximum Gasteiger partial charge on any atom is 0.223 e. The van der Waals surface area contributed by atoms with Gasteiger partial charge < -0.3 is 10.1 Å². The highest BCUT2D eigenvalue weighted by molar-refractivity contribution is 9.09. The van der Waals surface area contributed by atoms with Crippen molar-refractivity contribution >= 4 is 21.8 Å². The smallest absolute Gasteiger partial charge is 0.223 e. The summed E-state index contributed by atoms with van der Waals surface area (Å²) in [7, 11) is 0. The number of ether oxygens (including phenoxy) is 1. The van der Waals surface area contributed by atoms with E-state index in [0.29, 0.717) is 5.92 Å². The molecule has 0 spiro atoms. The average molecular weight is 292 g/mol. The van der Waals surface area contributed by atoms with Gasteiger partial charge in [-0.2, -0.15) is 0 Å². The summed E-state index contributed by atoms with van der Waals surface area (Å²) in [6, 6.07) is 0.287. The Morgan fingerprint density at radius 3 is 2.56 bits per heavy atom. The zero-order valence-electron chi connectivity index (χ0n) is 10.2. The van der Waals surface area contributed by atoms with Gasteiger partial charge in [-0.1, -0.05) is 29.8 Å². The summed E-state index contributed by atoms with van der Waals surface area (Å²) in [4.78, 5) is 12.0. The average Bonchev–Trinajstić information content (AvgIpc) is 2.29. The predicted molar refractivity (Wildman–Crippen MR) is 68.7 cm³/mol. The molecule has 1 aliphatic heterocycles. The van der Waals surface area contributed by atoms with Gasteiger partial charge in [0.05, 0.1) is 0 Å². The van der Waals surface area contributed by atoms with Crippen molar-refractivity contribution < 1.29 is 9.53 Å². The Morgan fingerprint density at radius 2 is 2.06 bits per heavy atom. The molecule has 0 aromatic carbocycles. The molecule has 16 heavy (non-hydrogen) atoms. The molecule has 1 saturated heterocycles. The first-order valence-corrected chi connectivity index (χ1v) is 7.21. The molecule has 1 aliphatic rings. The van der Waals surface area contributed by atoms with Gasteiger partial charge in [0.2, 0.25) is 5.91 Å².